The van der Waals surface area contributed by atoms with Gasteiger partial charge in [-0.2, -0.15) is 9.97 Å². The molecule has 1 unspecified atom stereocenters. The number of imidazole rings is 1. The van der Waals surface area contributed by atoms with Crippen LogP contribution >= 0.6 is 0 Å². The van der Waals surface area contributed by atoms with Crippen molar-refractivity contribution in [1.29, 1.82) is 0 Å². The van der Waals surface area contributed by atoms with Gasteiger partial charge in [0.15, 0.2) is 17.8 Å². The number of nitrogens with two attached hydrogens (primary N) is 1. The predicted molar refractivity (Wildman–Crippen MR) is 137 cm³/mol. The van der Waals surface area contributed by atoms with Crippen molar-refractivity contribution in [1.82, 2.24) is 19.9 Å². The molecule has 2 aromatic heterocycles. The number of benzene rings is 1. The van der Waals surface area contributed by atoms with Crippen LogP contribution in [0.2, 0.25) is 0 Å². The van der Waals surface area contributed by atoms with E-state index in [4.69, 9.17) is 30.2 Å². The first-order valence-corrected chi connectivity index (χ1v) is 12.4. The Morgan fingerprint density at radius 2 is 2.00 bits per heavy atom. The van der Waals surface area contributed by atoms with Gasteiger partial charge in [0.2, 0.25) is 0 Å². The number of aliphatic hydroxyl groups is 2. The van der Waals surface area contributed by atoms with E-state index >= 15 is 0 Å². The molecule has 0 radical (unpaired) electrons. The maximum Gasteiger partial charge on any atom is 0.320 e. The van der Waals surface area contributed by atoms with Crippen LogP contribution in [0.3, 0.4) is 0 Å². The Hall–Kier alpha value is -3.32. The molecule has 12 nitrogen and oxygen atoms in total. The fourth-order valence-electron chi connectivity index (χ4n) is 3.75. The maximum atomic E-state index is 10.5. The third-order valence-corrected chi connectivity index (χ3v) is 5.58. The average molecular weight is 517 g/mol. The van der Waals surface area contributed by atoms with Crippen LogP contribution < -0.4 is 15.8 Å². The number of nitrogens with one attached hydrogen (secondary N) is 2. The minimum absolute atomic E-state index is 0.227. The Morgan fingerprint density at radius 3 is 2.73 bits per heavy atom. The summed E-state index contributed by atoms with van der Waals surface area (Å²) in [5, 5.41) is 21.1. The Labute approximate surface area is 215 Å². The van der Waals surface area contributed by atoms with Gasteiger partial charge in [0.1, 0.15) is 24.3 Å². The Balaban J connectivity index is 0.000000266. The van der Waals surface area contributed by atoms with Gasteiger partial charge in [0, 0.05) is 19.9 Å². The van der Waals surface area contributed by atoms with E-state index in [0.29, 0.717) is 18.3 Å². The van der Waals surface area contributed by atoms with Gasteiger partial charge in [-0.25, -0.2) is 4.98 Å². The largest absolute Gasteiger partial charge is 0.459 e. The quantitative estimate of drug-likeness (QED) is 0.175. The maximum absolute atomic E-state index is 10.5. The number of H-pyrrole nitrogens is 1. The van der Waals surface area contributed by atoms with Gasteiger partial charge < -0.3 is 40.5 Å². The van der Waals surface area contributed by atoms with E-state index in [1.54, 1.807) is 6.33 Å². The molecule has 1 aliphatic heterocycles. The molecule has 0 amide bonds. The fraction of sp³-hybridized carbons (Fsp3) is 0.520. The first-order valence-electron chi connectivity index (χ1n) is 12.4. The lowest BCUT2D eigenvalue weighted by atomic mass is 10.2. The van der Waals surface area contributed by atoms with Crippen LogP contribution in [-0.4, -0.2) is 74.3 Å². The van der Waals surface area contributed by atoms with Crippen molar-refractivity contribution in [3.63, 3.8) is 0 Å². The van der Waals surface area contributed by atoms with E-state index in [-0.39, 0.29) is 13.0 Å². The summed E-state index contributed by atoms with van der Waals surface area (Å²) in [6.07, 6.45) is 4.25. The van der Waals surface area contributed by atoms with Crippen LogP contribution in [0.25, 0.3) is 11.2 Å². The van der Waals surface area contributed by atoms with Crippen LogP contribution in [0, 0.1) is 0 Å². The van der Waals surface area contributed by atoms with Gasteiger partial charge in [0.25, 0.3) is 0 Å². The molecule has 0 spiro atoms. The normalized spacial score (nSPS) is 18.8. The molecule has 1 aromatic carbocycles. The number of fused-ring (bicyclic) bond motifs is 1. The second kappa shape index (κ2) is 15.1. The standard InChI is InChI=1S/C18H24N6O.C7H12O5/c19-10-6-1-2-7-11-20-16-15-17(22-13-21-15)24-18(23-16)25-12-14-8-4-3-5-9-14;1-4(9)11-5-2-7(10)12-6(5)3-8/h3-5,8-9,13H,1-2,6-7,10-12,19H2,(H2,20,21,22,23,24);5-8,10H,2-3H2,1H3/t;5-,6+,7?/m.0/s1. The molecule has 0 bridgehead atoms. The number of unbranched alkanes of at least 4 members (excludes halogenated alkanes) is 3. The average Bonchev–Trinajstić information content (AvgIpc) is 3.51. The van der Waals surface area contributed by atoms with Crippen molar-refractivity contribution in [2.24, 2.45) is 5.73 Å². The number of aromatic amines is 1. The zero-order valence-electron chi connectivity index (χ0n) is 21.0. The first-order chi connectivity index (χ1) is 18.0. The Kier molecular flexibility index (Phi) is 11.5. The highest BCUT2D eigenvalue weighted by Gasteiger charge is 2.35. The number of nitrogens with zero attached hydrogens (tertiary/aromatic N) is 3. The van der Waals surface area contributed by atoms with Crippen LogP contribution in [0.1, 0.15) is 44.6 Å². The van der Waals surface area contributed by atoms with Crippen LogP contribution in [0.5, 0.6) is 6.01 Å². The molecular weight excluding hydrogens is 480 g/mol. The van der Waals surface area contributed by atoms with Crippen LogP contribution in [0.4, 0.5) is 5.82 Å². The zero-order chi connectivity index (χ0) is 26.5. The summed E-state index contributed by atoms with van der Waals surface area (Å²) in [4.78, 5) is 26.7. The van der Waals surface area contributed by atoms with Crippen molar-refractivity contribution >= 4 is 23.0 Å². The summed E-state index contributed by atoms with van der Waals surface area (Å²) >= 11 is 0. The van der Waals surface area contributed by atoms with E-state index in [1.165, 1.54) is 6.92 Å². The number of carbonyl (C=O) groups is 1. The highest BCUT2D eigenvalue weighted by atomic mass is 16.6. The summed E-state index contributed by atoms with van der Waals surface area (Å²) in [7, 11) is 0. The number of rotatable bonds is 12. The van der Waals surface area contributed by atoms with E-state index < -0.39 is 24.5 Å². The van der Waals surface area contributed by atoms with Gasteiger partial charge in [-0.3, -0.25) is 4.79 Å². The number of anilines is 1. The third-order valence-electron chi connectivity index (χ3n) is 5.58. The third kappa shape index (κ3) is 9.25. The molecule has 1 saturated heterocycles. The SMILES string of the molecule is CC(=O)O[C@H]1CC(O)O[C@@H]1CO.NCCCCCCNc1nc(OCc2ccccc2)nc2nc[nH]c12. The first kappa shape index (κ1) is 28.3. The number of hydrogen-bond acceptors (Lipinski definition) is 11. The highest BCUT2D eigenvalue weighted by molar-refractivity contribution is 5.82. The van der Waals surface area contributed by atoms with Crippen molar-refractivity contribution in [2.75, 3.05) is 25.0 Å². The second-order valence-corrected chi connectivity index (χ2v) is 8.56. The molecule has 3 atom stereocenters. The number of aliphatic hydroxyl groups excluding tert-OH is 2. The van der Waals surface area contributed by atoms with Crippen molar-refractivity contribution in [2.45, 2.75) is 64.1 Å². The van der Waals surface area contributed by atoms with Crippen LogP contribution in [0.15, 0.2) is 36.7 Å². The highest BCUT2D eigenvalue weighted by Crippen LogP contribution is 2.22. The summed E-state index contributed by atoms with van der Waals surface area (Å²) < 4.78 is 15.4. The monoisotopic (exact) mass is 516 g/mol. The summed E-state index contributed by atoms with van der Waals surface area (Å²) in [6, 6.07) is 10.3. The lowest BCUT2D eigenvalue weighted by molar-refractivity contribution is -0.151. The molecule has 0 aliphatic carbocycles. The Bertz CT molecular complexity index is 1080. The van der Waals surface area contributed by atoms with Crippen molar-refractivity contribution in [3.05, 3.63) is 42.2 Å². The molecule has 3 heterocycles. The number of aromatic nitrogens is 4. The molecule has 37 heavy (non-hydrogen) atoms. The number of ether oxygens (including phenoxy) is 3. The molecular formula is C25H36N6O6. The van der Waals surface area contributed by atoms with Gasteiger partial charge in [-0.1, -0.05) is 43.2 Å². The molecule has 3 aromatic rings. The van der Waals surface area contributed by atoms with Crippen LogP contribution in [-0.2, 0) is 20.9 Å². The summed E-state index contributed by atoms with van der Waals surface area (Å²) in [5.41, 5.74) is 7.99. The van der Waals surface area contributed by atoms with E-state index in [1.807, 2.05) is 30.3 Å². The van der Waals surface area contributed by atoms with Crippen molar-refractivity contribution < 1.29 is 29.2 Å². The minimum atomic E-state index is -0.938. The molecule has 1 fully saturated rings. The summed E-state index contributed by atoms with van der Waals surface area (Å²) in [5.74, 6) is 0.292. The molecule has 4 rings (SSSR count). The second-order valence-electron chi connectivity index (χ2n) is 8.56. The zero-order valence-corrected chi connectivity index (χ0v) is 21.0. The van der Waals surface area contributed by atoms with Crippen molar-refractivity contribution in [3.8, 4) is 6.01 Å². The van der Waals surface area contributed by atoms with E-state index in [0.717, 1.165) is 55.7 Å². The summed E-state index contributed by atoms with van der Waals surface area (Å²) in [6.45, 7) is 3.05. The number of carbonyl (C=O) groups excluding carboxylic acids is 1. The topological polar surface area (TPSA) is 178 Å². The minimum Gasteiger partial charge on any atom is -0.459 e. The fourth-order valence-corrected chi connectivity index (χ4v) is 3.75. The molecule has 0 saturated carbocycles. The van der Waals surface area contributed by atoms with E-state index in [2.05, 4.69) is 25.3 Å². The Morgan fingerprint density at radius 1 is 1.22 bits per heavy atom. The van der Waals surface area contributed by atoms with Gasteiger partial charge >= 0.3 is 12.0 Å². The number of hydrogen-bond donors (Lipinski definition) is 5. The molecule has 6 N–H and O–H groups in total. The van der Waals surface area contributed by atoms with E-state index in [9.17, 15) is 4.79 Å². The molecule has 12 heteroatoms. The molecule has 1 aliphatic rings. The lowest BCUT2D eigenvalue weighted by Gasteiger charge is -2.14. The predicted octanol–water partition coefficient (Wildman–Crippen LogP) is 1.88. The van der Waals surface area contributed by atoms with Gasteiger partial charge in [0.05, 0.1) is 12.9 Å². The molecule has 202 valence electrons. The van der Waals surface area contributed by atoms with Gasteiger partial charge in [-0.05, 0) is 24.9 Å². The van der Waals surface area contributed by atoms with Gasteiger partial charge in [-0.15, -0.1) is 0 Å². The smallest absolute Gasteiger partial charge is 0.320 e. The number of esters is 1. The lowest BCUT2D eigenvalue weighted by Crippen LogP contribution is -2.29.